The van der Waals surface area contributed by atoms with Crippen molar-refractivity contribution in [3.63, 3.8) is 0 Å². The molecule has 0 amide bonds. The van der Waals surface area contributed by atoms with Crippen molar-refractivity contribution in [3.05, 3.63) is 64.7 Å². The number of carbonyl (C=O) groups excluding carboxylic acids is 1. The zero-order valence-corrected chi connectivity index (χ0v) is 13.4. The molecule has 0 N–H and O–H groups in total. The Morgan fingerprint density at radius 2 is 1.91 bits per heavy atom. The summed E-state index contributed by atoms with van der Waals surface area (Å²) in [6.45, 7) is 1.97. The van der Waals surface area contributed by atoms with E-state index in [0.717, 1.165) is 17.7 Å². The lowest BCUT2D eigenvalue weighted by Crippen LogP contribution is -2.08. The molecule has 0 aromatic heterocycles. The van der Waals surface area contributed by atoms with Crippen LogP contribution >= 0.6 is 11.6 Å². The number of Topliss-reactive ketones (excluding diaryl/α,β-unsaturated/α-hetero) is 1. The Balaban J connectivity index is 1.97. The highest BCUT2D eigenvalue weighted by atomic mass is 35.5. The molecule has 0 saturated carbocycles. The highest BCUT2D eigenvalue weighted by Crippen LogP contribution is 2.15. The first-order chi connectivity index (χ1) is 10.6. The number of methoxy groups -OCH3 is 1. The minimum absolute atomic E-state index is 0.0137. The molecule has 0 spiro atoms. The van der Waals surface area contributed by atoms with Gasteiger partial charge in [-0.3, -0.25) is 9.79 Å². The Morgan fingerprint density at radius 3 is 2.55 bits per heavy atom. The van der Waals surface area contributed by atoms with Crippen LogP contribution < -0.4 is 4.74 Å². The van der Waals surface area contributed by atoms with Crippen LogP contribution in [0.15, 0.2) is 53.5 Å². The number of ether oxygens (including phenoxy) is 1. The summed E-state index contributed by atoms with van der Waals surface area (Å²) in [5.74, 6) is 0.654. The molecule has 2 aromatic carbocycles. The molecule has 22 heavy (non-hydrogen) atoms. The van der Waals surface area contributed by atoms with E-state index in [1.54, 1.807) is 31.4 Å². The average Bonchev–Trinajstić information content (AvgIpc) is 2.54. The lowest BCUT2D eigenvalue weighted by Gasteiger charge is -2.07. The largest absolute Gasteiger partial charge is 0.497 e. The van der Waals surface area contributed by atoms with Crippen LogP contribution in [0.25, 0.3) is 0 Å². The van der Waals surface area contributed by atoms with Gasteiger partial charge in [-0.2, -0.15) is 0 Å². The Kier molecular flexibility index (Phi) is 5.73. The highest BCUT2D eigenvalue weighted by Gasteiger charge is 2.08. The molecule has 0 aliphatic heterocycles. The van der Waals surface area contributed by atoms with E-state index in [0.29, 0.717) is 10.6 Å². The van der Waals surface area contributed by atoms with Crippen molar-refractivity contribution < 1.29 is 9.53 Å². The highest BCUT2D eigenvalue weighted by molar-refractivity contribution is 6.42. The summed E-state index contributed by atoms with van der Waals surface area (Å²) < 4.78 is 5.13. The summed E-state index contributed by atoms with van der Waals surface area (Å²) in [7, 11) is 1.64. The lowest BCUT2D eigenvalue weighted by atomic mass is 10.1. The zero-order chi connectivity index (χ0) is 15.9. The second kappa shape index (κ2) is 7.76. The fourth-order valence-electron chi connectivity index (χ4n) is 2.08. The topological polar surface area (TPSA) is 38.7 Å². The quantitative estimate of drug-likeness (QED) is 0.591. The van der Waals surface area contributed by atoms with Crippen LogP contribution in [0, 0.1) is 0 Å². The first-order valence-corrected chi connectivity index (χ1v) is 7.43. The van der Waals surface area contributed by atoms with E-state index in [-0.39, 0.29) is 11.8 Å². The van der Waals surface area contributed by atoms with Gasteiger partial charge in [-0.15, -0.1) is 0 Å². The number of halogens is 1. The minimum atomic E-state index is -0.174. The van der Waals surface area contributed by atoms with Crippen LogP contribution in [0.4, 0.5) is 0 Å². The molecular weight excluding hydrogens is 298 g/mol. The standard InChI is InChI=1S/C18H18ClNO2/c1-13(11-14-7-9-15(22-2)10-8-14)20-12-18(21)16-5-3-4-6-17(16)19/h3-10,12-13H,11H2,1-2H3/b20-12-. The number of rotatable bonds is 6. The number of hydrogen-bond donors (Lipinski definition) is 0. The molecule has 114 valence electrons. The van der Waals surface area contributed by atoms with Gasteiger partial charge in [-0.1, -0.05) is 35.9 Å². The molecule has 2 aromatic rings. The van der Waals surface area contributed by atoms with Crippen LogP contribution in [-0.4, -0.2) is 25.1 Å². The van der Waals surface area contributed by atoms with Crippen LogP contribution in [0.5, 0.6) is 5.75 Å². The molecule has 3 nitrogen and oxygen atoms in total. The van der Waals surface area contributed by atoms with E-state index in [1.807, 2.05) is 31.2 Å². The van der Waals surface area contributed by atoms with E-state index >= 15 is 0 Å². The molecule has 0 fully saturated rings. The lowest BCUT2D eigenvalue weighted by molar-refractivity contribution is 0.107. The number of ketones is 1. The maximum absolute atomic E-state index is 12.1. The van der Waals surface area contributed by atoms with Crippen molar-refractivity contribution in [1.82, 2.24) is 0 Å². The van der Waals surface area contributed by atoms with Crippen molar-refractivity contribution in [2.75, 3.05) is 7.11 Å². The zero-order valence-electron chi connectivity index (χ0n) is 12.6. The average molecular weight is 316 g/mol. The Hall–Kier alpha value is -2.13. The monoisotopic (exact) mass is 315 g/mol. The fourth-order valence-corrected chi connectivity index (χ4v) is 2.31. The number of carbonyl (C=O) groups is 1. The molecule has 0 aliphatic carbocycles. The van der Waals surface area contributed by atoms with Gasteiger partial charge in [0, 0.05) is 5.56 Å². The molecule has 0 saturated heterocycles. The number of aliphatic imine (C=N–C) groups is 1. The summed E-state index contributed by atoms with van der Waals surface area (Å²) in [4.78, 5) is 16.4. The summed E-state index contributed by atoms with van der Waals surface area (Å²) in [5, 5.41) is 0.446. The van der Waals surface area contributed by atoms with Gasteiger partial charge < -0.3 is 4.74 Å². The van der Waals surface area contributed by atoms with E-state index in [2.05, 4.69) is 4.99 Å². The number of nitrogens with zero attached hydrogens (tertiary/aromatic N) is 1. The normalized spacial score (nSPS) is 12.3. The molecule has 0 heterocycles. The molecule has 1 atom stereocenters. The molecule has 1 unspecified atom stereocenters. The predicted molar refractivity (Wildman–Crippen MR) is 90.4 cm³/mol. The maximum Gasteiger partial charge on any atom is 0.205 e. The number of benzene rings is 2. The fraction of sp³-hybridized carbons (Fsp3) is 0.222. The van der Waals surface area contributed by atoms with Crippen LogP contribution in [0.1, 0.15) is 22.8 Å². The van der Waals surface area contributed by atoms with Gasteiger partial charge in [0.25, 0.3) is 0 Å². The first-order valence-electron chi connectivity index (χ1n) is 7.05. The van der Waals surface area contributed by atoms with Crippen molar-refractivity contribution in [2.45, 2.75) is 19.4 Å². The molecule has 0 radical (unpaired) electrons. The van der Waals surface area contributed by atoms with Crippen LogP contribution in [0.2, 0.25) is 5.02 Å². The van der Waals surface area contributed by atoms with Gasteiger partial charge in [0.15, 0.2) is 0 Å². The summed E-state index contributed by atoms with van der Waals surface area (Å²) in [6, 6.07) is 14.8. The molecule has 0 aliphatic rings. The summed E-state index contributed by atoms with van der Waals surface area (Å²) in [6.07, 6.45) is 2.12. The van der Waals surface area contributed by atoms with Crippen LogP contribution in [0.3, 0.4) is 0 Å². The van der Waals surface area contributed by atoms with E-state index < -0.39 is 0 Å². The smallest absolute Gasteiger partial charge is 0.205 e. The molecule has 2 rings (SSSR count). The first kappa shape index (κ1) is 16.2. The minimum Gasteiger partial charge on any atom is -0.497 e. The van der Waals surface area contributed by atoms with Gasteiger partial charge in [0.2, 0.25) is 5.78 Å². The van der Waals surface area contributed by atoms with E-state index in [9.17, 15) is 4.79 Å². The van der Waals surface area contributed by atoms with Crippen LogP contribution in [-0.2, 0) is 6.42 Å². The Morgan fingerprint density at radius 1 is 1.23 bits per heavy atom. The second-order valence-corrected chi connectivity index (χ2v) is 5.43. The summed E-state index contributed by atoms with van der Waals surface area (Å²) in [5.41, 5.74) is 1.63. The SMILES string of the molecule is COc1ccc(CC(C)/N=C\C(=O)c2ccccc2Cl)cc1. The maximum atomic E-state index is 12.1. The molecule has 4 heteroatoms. The summed E-state index contributed by atoms with van der Waals surface area (Å²) >= 11 is 6.00. The van der Waals surface area contributed by atoms with Crippen molar-refractivity contribution >= 4 is 23.6 Å². The molecular formula is C18H18ClNO2. The Labute approximate surface area is 135 Å². The molecule has 0 bridgehead atoms. The van der Waals surface area contributed by atoms with Gasteiger partial charge in [-0.25, -0.2) is 0 Å². The van der Waals surface area contributed by atoms with Gasteiger partial charge in [-0.05, 0) is 43.2 Å². The van der Waals surface area contributed by atoms with Crippen molar-refractivity contribution in [1.29, 1.82) is 0 Å². The third-order valence-electron chi connectivity index (χ3n) is 3.28. The van der Waals surface area contributed by atoms with Gasteiger partial charge in [0.1, 0.15) is 5.75 Å². The van der Waals surface area contributed by atoms with E-state index in [1.165, 1.54) is 6.21 Å². The van der Waals surface area contributed by atoms with Gasteiger partial charge >= 0.3 is 0 Å². The third kappa shape index (κ3) is 4.43. The third-order valence-corrected chi connectivity index (χ3v) is 3.61. The van der Waals surface area contributed by atoms with Crippen molar-refractivity contribution in [2.24, 2.45) is 4.99 Å². The predicted octanol–water partition coefficient (Wildman–Crippen LogP) is 4.23. The number of hydrogen-bond acceptors (Lipinski definition) is 3. The Bertz CT molecular complexity index is 665. The van der Waals surface area contributed by atoms with E-state index in [4.69, 9.17) is 16.3 Å². The van der Waals surface area contributed by atoms with Gasteiger partial charge in [0.05, 0.1) is 24.4 Å². The second-order valence-electron chi connectivity index (χ2n) is 5.02. The van der Waals surface area contributed by atoms with Crippen molar-refractivity contribution in [3.8, 4) is 5.75 Å².